The molecule has 186 valence electrons. The first-order valence-electron chi connectivity index (χ1n) is 11.9. The van der Waals surface area contributed by atoms with Crippen molar-refractivity contribution < 1.29 is 14.8 Å². The van der Waals surface area contributed by atoms with E-state index in [4.69, 9.17) is 10.3 Å². The lowest BCUT2D eigenvalue weighted by molar-refractivity contribution is -0.115. The number of nitrogens with one attached hydrogen (secondary N) is 2. The molecular formula is C28H25N5O3S. The molecule has 0 aliphatic heterocycles. The average Bonchev–Trinajstić information content (AvgIpc) is 3.51. The monoisotopic (exact) mass is 511 g/mol. The summed E-state index contributed by atoms with van der Waals surface area (Å²) in [5.41, 5.74) is 7.89. The Morgan fingerprint density at radius 2 is 1.76 bits per heavy atom. The van der Waals surface area contributed by atoms with Gasteiger partial charge in [-0.05, 0) is 41.5 Å². The Kier molecular flexibility index (Phi) is 7.07. The molecule has 0 radical (unpaired) electrons. The third-order valence-electron chi connectivity index (χ3n) is 5.96. The molecule has 0 spiro atoms. The van der Waals surface area contributed by atoms with Gasteiger partial charge in [-0.25, -0.2) is 10.5 Å². The molecule has 5 aromatic rings. The number of hydrogen-bond donors (Lipinski definition) is 3. The molecule has 2 heterocycles. The summed E-state index contributed by atoms with van der Waals surface area (Å²) in [6, 6.07) is 25.4. The number of amides is 2. The second-order valence-electron chi connectivity index (χ2n) is 8.58. The number of carbonyl (C=O) groups is 2. The molecule has 9 heteroatoms. The Bertz CT molecular complexity index is 1560. The molecule has 3 N–H and O–H groups in total. The second-order valence-corrected chi connectivity index (χ2v) is 9.61. The normalized spacial score (nSPS) is 11.0. The number of rotatable bonds is 8. The van der Waals surface area contributed by atoms with E-state index in [0.29, 0.717) is 30.1 Å². The SMILES string of the molecule is CCC(=O)Nc1nc2ccc(-c3cc(Cc4ccccc4)nn3Cc3ccc(C(=O)NO)cc3)cc2s1. The Morgan fingerprint density at radius 1 is 0.973 bits per heavy atom. The van der Waals surface area contributed by atoms with E-state index in [0.717, 1.165) is 32.7 Å². The van der Waals surface area contributed by atoms with E-state index >= 15 is 0 Å². The summed E-state index contributed by atoms with van der Waals surface area (Å²) < 4.78 is 2.93. The lowest BCUT2D eigenvalue weighted by atomic mass is 10.1. The van der Waals surface area contributed by atoms with Crippen molar-refractivity contribution in [2.75, 3.05) is 5.32 Å². The largest absolute Gasteiger partial charge is 0.302 e. The molecule has 0 unspecified atom stereocenters. The quantitative estimate of drug-likeness (QED) is 0.194. The van der Waals surface area contributed by atoms with Crippen LogP contribution in [-0.2, 0) is 17.8 Å². The van der Waals surface area contributed by atoms with Crippen LogP contribution in [0.15, 0.2) is 78.9 Å². The number of nitrogens with zero attached hydrogens (tertiary/aromatic N) is 3. The van der Waals surface area contributed by atoms with Crippen LogP contribution < -0.4 is 10.8 Å². The second kappa shape index (κ2) is 10.7. The third-order valence-corrected chi connectivity index (χ3v) is 6.89. The minimum Gasteiger partial charge on any atom is -0.302 e. The van der Waals surface area contributed by atoms with E-state index in [-0.39, 0.29) is 5.91 Å². The number of carbonyl (C=O) groups excluding carboxylic acids is 2. The summed E-state index contributed by atoms with van der Waals surface area (Å²) in [5.74, 6) is -0.616. The molecule has 5 rings (SSSR count). The van der Waals surface area contributed by atoms with Gasteiger partial charge in [0.05, 0.1) is 28.1 Å². The summed E-state index contributed by atoms with van der Waals surface area (Å²) >= 11 is 1.44. The van der Waals surface area contributed by atoms with Gasteiger partial charge in [-0.15, -0.1) is 0 Å². The fourth-order valence-corrected chi connectivity index (χ4v) is 4.98. The Hall–Kier alpha value is -4.34. The van der Waals surface area contributed by atoms with Gasteiger partial charge in [-0.3, -0.25) is 19.5 Å². The van der Waals surface area contributed by atoms with Crippen molar-refractivity contribution in [3.05, 3.63) is 101 Å². The standard InChI is InChI=1S/C28H25N5O3S/c1-2-26(34)30-28-29-23-13-12-21(15-25(23)37-28)24-16-22(14-18-6-4-3-5-7-18)31-33(24)17-19-8-10-20(11-9-19)27(35)32-36/h3-13,15-16,36H,2,14,17H2,1H3,(H,32,35)(H,29,30,34). The van der Waals surface area contributed by atoms with Gasteiger partial charge in [-0.1, -0.05) is 66.8 Å². The van der Waals surface area contributed by atoms with E-state index in [1.807, 2.05) is 54.1 Å². The zero-order valence-electron chi connectivity index (χ0n) is 20.1. The zero-order chi connectivity index (χ0) is 25.8. The van der Waals surface area contributed by atoms with Gasteiger partial charge in [0, 0.05) is 24.0 Å². The lowest BCUT2D eigenvalue weighted by Crippen LogP contribution is -2.18. The van der Waals surface area contributed by atoms with Gasteiger partial charge < -0.3 is 5.32 Å². The predicted octanol–water partition coefficient (Wildman–Crippen LogP) is 5.27. The molecule has 0 saturated carbocycles. The van der Waals surface area contributed by atoms with Crippen LogP contribution in [0.5, 0.6) is 0 Å². The molecule has 2 aromatic heterocycles. The zero-order valence-corrected chi connectivity index (χ0v) is 21.0. The Morgan fingerprint density at radius 3 is 2.49 bits per heavy atom. The first-order chi connectivity index (χ1) is 18.0. The number of benzene rings is 3. The van der Waals surface area contributed by atoms with E-state index in [1.165, 1.54) is 16.9 Å². The number of fused-ring (bicyclic) bond motifs is 1. The molecule has 0 aliphatic carbocycles. The number of aromatic nitrogens is 3. The molecule has 3 aromatic carbocycles. The van der Waals surface area contributed by atoms with Crippen molar-refractivity contribution in [2.45, 2.75) is 26.3 Å². The topological polar surface area (TPSA) is 109 Å². The molecular weight excluding hydrogens is 486 g/mol. The van der Waals surface area contributed by atoms with E-state index < -0.39 is 5.91 Å². The molecule has 37 heavy (non-hydrogen) atoms. The fourth-order valence-electron chi connectivity index (χ4n) is 4.06. The summed E-state index contributed by atoms with van der Waals surface area (Å²) in [7, 11) is 0. The summed E-state index contributed by atoms with van der Waals surface area (Å²) in [6.07, 6.45) is 1.10. The maximum Gasteiger partial charge on any atom is 0.274 e. The lowest BCUT2D eigenvalue weighted by Gasteiger charge is -2.09. The highest BCUT2D eigenvalue weighted by Crippen LogP contribution is 2.31. The van der Waals surface area contributed by atoms with Crippen LogP contribution >= 0.6 is 11.3 Å². The van der Waals surface area contributed by atoms with Crippen LogP contribution in [0.3, 0.4) is 0 Å². The van der Waals surface area contributed by atoms with Crippen LogP contribution in [-0.4, -0.2) is 31.8 Å². The number of thiazole rings is 1. The van der Waals surface area contributed by atoms with E-state index in [1.54, 1.807) is 17.6 Å². The van der Waals surface area contributed by atoms with Crippen LogP contribution in [0, 0.1) is 0 Å². The predicted molar refractivity (Wildman–Crippen MR) is 144 cm³/mol. The molecule has 0 atom stereocenters. The van der Waals surface area contributed by atoms with Crippen LogP contribution in [0.4, 0.5) is 5.13 Å². The van der Waals surface area contributed by atoms with Crippen molar-refractivity contribution >= 4 is 38.5 Å². The molecule has 0 bridgehead atoms. The minimum absolute atomic E-state index is 0.0644. The number of anilines is 1. The van der Waals surface area contributed by atoms with Crippen molar-refractivity contribution in [3.63, 3.8) is 0 Å². The molecule has 0 aliphatic rings. The first-order valence-corrected chi connectivity index (χ1v) is 12.7. The van der Waals surface area contributed by atoms with Crippen molar-refractivity contribution in [1.82, 2.24) is 20.2 Å². The minimum atomic E-state index is -0.552. The summed E-state index contributed by atoms with van der Waals surface area (Å²) in [4.78, 5) is 28.0. The van der Waals surface area contributed by atoms with Crippen LogP contribution in [0.2, 0.25) is 0 Å². The van der Waals surface area contributed by atoms with Gasteiger partial charge in [0.2, 0.25) is 5.91 Å². The molecule has 0 saturated heterocycles. The Balaban J connectivity index is 1.49. The van der Waals surface area contributed by atoms with E-state index in [2.05, 4.69) is 34.6 Å². The van der Waals surface area contributed by atoms with E-state index in [9.17, 15) is 9.59 Å². The Labute approximate surface area is 217 Å². The molecule has 2 amide bonds. The molecule has 8 nitrogen and oxygen atoms in total. The maximum atomic E-state index is 11.8. The highest BCUT2D eigenvalue weighted by molar-refractivity contribution is 7.22. The average molecular weight is 512 g/mol. The van der Waals surface area contributed by atoms with Crippen molar-refractivity contribution in [2.24, 2.45) is 0 Å². The third kappa shape index (κ3) is 5.58. The van der Waals surface area contributed by atoms with Crippen molar-refractivity contribution in [1.29, 1.82) is 0 Å². The number of hydroxylamine groups is 1. The maximum absolute atomic E-state index is 11.8. The highest BCUT2D eigenvalue weighted by atomic mass is 32.1. The van der Waals surface area contributed by atoms with Crippen molar-refractivity contribution in [3.8, 4) is 11.3 Å². The highest BCUT2D eigenvalue weighted by Gasteiger charge is 2.14. The van der Waals surface area contributed by atoms with Gasteiger partial charge in [0.15, 0.2) is 5.13 Å². The van der Waals surface area contributed by atoms with Gasteiger partial charge in [0.1, 0.15) is 0 Å². The molecule has 0 fully saturated rings. The smallest absolute Gasteiger partial charge is 0.274 e. The van der Waals surface area contributed by atoms with Crippen LogP contribution in [0.25, 0.3) is 21.5 Å². The fraction of sp³-hybridized carbons (Fsp3) is 0.143. The van der Waals surface area contributed by atoms with Gasteiger partial charge in [0.25, 0.3) is 5.91 Å². The first kappa shape index (κ1) is 24.4. The van der Waals surface area contributed by atoms with Gasteiger partial charge in [-0.2, -0.15) is 5.10 Å². The number of hydrogen-bond acceptors (Lipinski definition) is 6. The van der Waals surface area contributed by atoms with Crippen LogP contribution in [0.1, 0.15) is 40.5 Å². The van der Waals surface area contributed by atoms with Gasteiger partial charge >= 0.3 is 0 Å². The summed E-state index contributed by atoms with van der Waals surface area (Å²) in [5, 5.41) is 17.2. The summed E-state index contributed by atoms with van der Waals surface area (Å²) in [6.45, 7) is 2.31.